The maximum absolute atomic E-state index is 13.8. The molecule has 0 saturated heterocycles. The van der Waals surface area contributed by atoms with Crippen molar-refractivity contribution in [3.05, 3.63) is 91.3 Å². The Morgan fingerprint density at radius 2 is 1.70 bits per heavy atom. The Hall–Kier alpha value is -2.47. The van der Waals surface area contributed by atoms with Crippen LogP contribution < -0.4 is 10.9 Å². The first kappa shape index (κ1) is 19.3. The number of halogens is 3. The third kappa shape index (κ3) is 3.81. The Labute approximate surface area is 164 Å². The Morgan fingerprint density at radius 3 is 2.33 bits per heavy atom. The van der Waals surface area contributed by atoms with E-state index in [1.807, 2.05) is 45.0 Å². The maximum atomic E-state index is 13.8. The first-order chi connectivity index (χ1) is 12.8. The maximum Gasteiger partial charge on any atom is 0.271 e. The fourth-order valence-electron chi connectivity index (χ4n) is 3.13. The van der Waals surface area contributed by atoms with E-state index in [1.54, 1.807) is 4.57 Å². The van der Waals surface area contributed by atoms with Crippen LogP contribution in [-0.4, -0.2) is 4.57 Å². The number of hydrogen-bond donors (Lipinski definition) is 1. The molecule has 1 aromatic heterocycles. The van der Waals surface area contributed by atoms with E-state index in [2.05, 4.69) is 21.2 Å². The van der Waals surface area contributed by atoms with Crippen LogP contribution in [-0.2, 0) is 6.54 Å². The lowest BCUT2D eigenvalue weighted by atomic mass is 10.1. The average molecular weight is 433 g/mol. The largest absolute Gasteiger partial charge is 0.380 e. The van der Waals surface area contributed by atoms with Crippen molar-refractivity contribution in [2.45, 2.75) is 27.3 Å². The molecule has 0 aliphatic heterocycles. The molecule has 0 aliphatic carbocycles. The molecular weight excluding hydrogens is 414 g/mol. The summed E-state index contributed by atoms with van der Waals surface area (Å²) in [4.78, 5) is 13.0. The van der Waals surface area contributed by atoms with E-state index in [0.717, 1.165) is 28.6 Å². The average Bonchev–Trinajstić information content (AvgIpc) is 2.60. The molecule has 0 spiro atoms. The molecule has 0 radical (unpaired) electrons. The Morgan fingerprint density at radius 1 is 1.04 bits per heavy atom. The molecule has 0 aliphatic rings. The number of benzene rings is 2. The smallest absolute Gasteiger partial charge is 0.271 e. The van der Waals surface area contributed by atoms with E-state index < -0.39 is 11.6 Å². The normalized spacial score (nSPS) is 10.9. The van der Waals surface area contributed by atoms with Gasteiger partial charge in [-0.1, -0.05) is 24.3 Å². The number of aryl methyl sites for hydroxylation is 3. The zero-order valence-corrected chi connectivity index (χ0v) is 16.8. The molecule has 0 bridgehead atoms. The van der Waals surface area contributed by atoms with Crippen molar-refractivity contribution in [3.8, 4) is 5.69 Å². The first-order valence-corrected chi connectivity index (χ1v) is 9.25. The standard InChI is InChI=1S/C21H19BrF2N2O/c1-12-5-4-6-13(2)20(12)26-14(3)9-18(19(22)21(26)27)25-11-15-7-8-16(23)10-17(15)24/h4-10,25H,11H2,1-3H3. The van der Waals surface area contributed by atoms with Crippen LogP contribution in [0.4, 0.5) is 14.5 Å². The highest BCUT2D eigenvalue weighted by Gasteiger charge is 2.15. The minimum Gasteiger partial charge on any atom is -0.380 e. The van der Waals surface area contributed by atoms with Gasteiger partial charge in [-0.05, 0) is 60.0 Å². The summed E-state index contributed by atoms with van der Waals surface area (Å²) in [6.07, 6.45) is 0. The lowest BCUT2D eigenvalue weighted by Gasteiger charge is -2.18. The fraction of sp³-hybridized carbons (Fsp3) is 0.190. The van der Waals surface area contributed by atoms with E-state index in [0.29, 0.717) is 15.7 Å². The SMILES string of the molecule is Cc1cccc(C)c1-n1c(C)cc(NCc2ccc(F)cc2F)c(Br)c1=O. The van der Waals surface area contributed by atoms with E-state index in [9.17, 15) is 13.6 Å². The van der Waals surface area contributed by atoms with E-state index in [1.165, 1.54) is 12.1 Å². The molecule has 27 heavy (non-hydrogen) atoms. The van der Waals surface area contributed by atoms with Gasteiger partial charge in [0.05, 0.1) is 11.4 Å². The third-order valence-corrected chi connectivity index (χ3v) is 5.25. The summed E-state index contributed by atoms with van der Waals surface area (Å²) in [6, 6.07) is 11.2. The molecule has 1 N–H and O–H groups in total. The van der Waals surface area contributed by atoms with Crippen molar-refractivity contribution in [3.63, 3.8) is 0 Å². The summed E-state index contributed by atoms with van der Waals surface area (Å²) >= 11 is 3.37. The van der Waals surface area contributed by atoms with Crippen LogP contribution >= 0.6 is 15.9 Å². The lowest BCUT2D eigenvalue weighted by molar-refractivity contribution is 0.574. The van der Waals surface area contributed by atoms with Crippen LogP contribution in [0.2, 0.25) is 0 Å². The second kappa shape index (κ2) is 7.64. The van der Waals surface area contributed by atoms with Gasteiger partial charge in [0.15, 0.2) is 0 Å². The molecule has 1 heterocycles. The molecule has 0 saturated carbocycles. The fourth-order valence-corrected chi connectivity index (χ4v) is 3.56. The molecule has 140 valence electrons. The van der Waals surface area contributed by atoms with Crippen molar-refractivity contribution in [1.29, 1.82) is 0 Å². The summed E-state index contributed by atoms with van der Waals surface area (Å²) in [5, 5.41) is 3.06. The van der Waals surface area contributed by atoms with Gasteiger partial charge in [0.2, 0.25) is 0 Å². The van der Waals surface area contributed by atoms with Gasteiger partial charge in [-0.15, -0.1) is 0 Å². The van der Waals surface area contributed by atoms with Crippen LogP contribution in [0.25, 0.3) is 5.69 Å². The van der Waals surface area contributed by atoms with Gasteiger partial charge >= 0.3 is 0 Å². The second-order valence-corrected chi connectivity index (χ2v) is 7.28. The Bertz CT molecular complexity index is 1060. The molecule has 0 amide bonds. The van der Waals surface area contributed by atoms with Gasteiger partial charge < -0.3 is 5.32 Å². The van der Waals surface area contributed by atoms with Gasteiger partial charge in [-0.25, -0.2) is 8.78 Å². The number of anilines is 1. The topological polar surface area (TPSA) is 34.0 Å². The summed E-state index contributed by atoms with van der Waals surface area (Å²) in [5.41, 5.74) is 4.29. The molecule has 0 fully saturated rings. The van der Waals surface area contributed by atoms with Crippen LogP contribution in [0.1, 0.15) is 22.4 Å². The molecule has 3 nitrogen and oxygen atoms in total. The van der Waals surface area contributed by atoms with Gasteiger partial charge in [-0.3, -0.25) is 9.36 Å². The Balaban J connectivity index is 1.99. The number of para-hydroxylation sites is 1. The van der Waals surface area contributed by atoms with E-state index >= 15 is 0 Å². The highest BCUT2D eigenvalue weighted by Crippen LogP contribution is 2.25. The highest BCUT2D eigenvalue weighted by atomic mass is 79.9. The van der Waals surface area contributed by atoms with Crippen molar-refractivity contribution < 1.29 is 8.78 Å². The van der Waals surface area contributed by atoms with E-state index in [4.69, 9.17) is 0 Å². The molecular formula is C21H19BrF2N2O. The molecule has 3 aromatic rings. The Kier molecular flexibility index (Phi) is 5.46. The quantitative estimate of drug-likeness (QED) is 0.597. The summed E-state index contributed by atoms with van der Waals surface area (Å²) in [5.74, 6) is -1.25. The van der Waals surface area contributed by atoms with Gasteiger partial charge in [0.25, 0.3) is 5.56 Å². The second-order valence-electron chi connectivity index (χ2n) is 6.48. The van der Waals surface area contributed by atoms with Gasteiger partial charge in [-0.2, -0.15) is 0 Å². The molecule has 3 rings (SSSR count). The van der Waals surface area contributed by atoms with Crippen molar-refractivity contribution in [2.24, 2.45) is 0 Å². The molecule has 0 unspecified atom stereocenters. The monoisotopic (exact) mass is 432 g/mol. The van der Waals surface area contributed by atoms with Crippen LogP contribution in [0, 0.1) is 32.4 Å². The number of hydrogen-bond acceptors (Lipinski definition) is 2. The summed E-state index contributed by atoms with van der Waals surface area (Å²) in [6.45, 7) is 5.91. The number of nitrogens with one attached hydrogen (secondary N) is 1. The number of pyridine rings is 1. The minimum absolute atomic E-state index is 0.136. The minimum atomic E-state index is -0.626. The predicted molar refractivity (Wildman–Crippen MR) is 108 cm³/mol. The zero-order chi connectivity index (χ0) is 19.7. The number of aromatic nitrogens is 1. The lowest BCUT2D eigenvalue weighted by Crippen LogP contribution is -2.24. The third-order valence-electron chi connectivity index (χ3n) is 4.48. The molecule has 6 heteroatoms. The first-order valence-electron chi connectivity index (χ1n) is 8.46. The molecule has 0 atom stereocenters. The highest BCUT2D eigenvalue weighted by molar-refractivity contribution is 9.10. The zero-order valence-electron chi connectivity index (χ0n) is 15.2. The van der Waals surface area contributed by atoms with Crippen LogP contribution in [0.15, 0.2) is 51.7 Å². The molecule has 2 aromatic carbocycles. The van der Waals surface area contributed by atoms with Crippen molar-refractivity contribution >= 4 is 21.6 Å². The van der Waals surface area contributed by atoms with Crippen molar-refractivity contribution in [2.75, 3.05) is 5.32 Å². The summed E-state index contributed by atoms with van der Waals surface area (Å²) < 4.78 is 28.9. The predicted octanol–water partition coefficient (Wildman–Crippen LogP) is 5.42. The van der Waals surface area contributed by atoms with Crippen LogP contribution in [0.3, 0.4) is 0 Å². The van der Waals surface area contributed by atoms with Gasteiger partial charge in [0, 0.05) is 23.9 Å². The van der Waals surface area contributed by atoms with Crippen LogP contribution in [0.5, 0.6) is 0 Å². The summed E-state index contributed by atoms with van der Waals surface area (Å²) in [7, 11) is 0. The number of nitrogens with zero attached hydrogens (tertiary/aromatic N) is 1. The van der Waals surface area contributed by atoms with Gasteiger partial charge in [0.1, 0.15) is 16.1 Å². The van der Waals surface area contributed by atoms with E-state index in [-0.39, 0.29) is 12.1 Å². The number of rotatable bonds is 4. The van der Waals surface area contributed by atoms with Crippen molar-refractivity contribution in [1.82, 2.24) is 4.57 Å².